The summed E-state index contributed by atoms with van der Waals surface area (Å²) in [6.45, 7) is 4.80. The molecular weight excluding hydrogens is 603 g/mol. The van der Waals surface area contributed by atoms with Crippen molar-refractivity contribution in [2.45, 2.75) is 19.3 Å². The van der Waals surface area contributed by atoms with Gasteiger partial charge in [-0.15, -0.1) is 0 Å². The Bertz CT molecular complexity index is 2710. The van der Waals surface area contributed by atoms with Gasteiger partial charge in [0.25, 0.3) is 0 Å². The van der Waals surface area contributed by atoms with E-state index in [9.17, 15) is 0 Å². The number of hydrogen-bond acceptors (Lipinski definition) is 1. The smallest absolute Gasteiger partial charge is 0.0468 e. The Morgan fingerprint density at radius 3 is 1.48 bits per heavy atom. The third-order valence-corrected chi connectivity index (χ3v) is 11.0. The minimum Gasteiger partial charge on any atom is -0.310 e. The van der Waals surface area contributed by atoms with Crippen LogP contribution in [0.2, 0.25) is 0 Å². The van der Waals surface area contributed by atoms with Gasteiger partial charge >= 0.3 is 0 Å². The Balaban J connectivity index is 1.09. The minimum atomic E-state index is -0.132. The third kappa shape index (κ3) is 4.33. The lowest BCUT2D eigenvalue weighted by Gasteiger charge is -2.26. The van der Waals surface area contributed by atoms with Gasteiger partial charge in [0.15, 0.2) is 0 Å². The molecule has 0 spiro atoms. The van der Waals surface area contributed by atoms with Crippen LogP contribution in [0.1, 0.15) is 25.0 Å². The molecule has 0 saturated heterocycles. The first-order valence-corrected chi connectivity index (χ1v) is 17.5. The van der Waals surface area contributed by atoms with E-state index in [4.69, 9.17) is 0 Å². The molecule has 0 heterocycles. The van der Waals surface area contributed by atoms with Crippen molar-refractivity contribution in [3.05, 3.63) is 187 Å². The molecule has 9 aromatic rings. The summed E-state index contributed by atoms with van der Waals surface area (Å²) in [5, 5.41) is 10.3. The van der Waals surface area contributed by atoms with Gasteiger partial charge < -0.3 is 4.90 Å². The summed E-state index contributed by atoms with van der Waals surface area (Å²) in [4.78, 5) is 2.38. The lowest BCUT2D eigenvalue weighted by molar-refractivity contribution is 0.667. The van der Waals surface area contributed by atoms with Crippen molar-refractivity contribution < 1.29 is 0 Å². The Morgan fingerprint density at radius 2 is 0.860 bits per heavy atom. The lowest BCUT2D eigenvalue weighted by atomic mass is 9.79. The fraction of sp³-hybridized carbons (Fsp3) is 0.0612. The maximum Gasteiger partial charge on any atom is 0.0468 e. The average molecular weight is 638 g/mol. The Morgan fingerprint density at radius 1 is 0.380 bits per heavy atom. The molecule has 0 aromatic heterocycles. The molecule has 0 amide bonds. The SMILES string of the molecule is CC1(C)c2cc(-c3ccc(N(c4ccc5ccccc5c4)c4ccc5ccccc5c4)cc3)ccc2-c2c1c1ccccc1c1ccccc21. The summed E-state index contributed by atoms with van der Waals surface area (Å²) >= 11 is 0. The first kappa shape index (κ1) is 28.8. The van der Waals surface area contributed by atoms with Gasteiger partial charge in [0.05, 0.1) is 0 Å². The zero-order chi connectivity index (χ0) is 33.4. The second-order valence-electron chi connectivity index (χ2n) is 14.2. The van der Waals surface area contributed by atoms with E-state index in [0.717, 1.165) is 17.1 Å². The molecule has 1 aliphatic carbocycles. The number of nitrogens with zero attached hydrogens (tertiary/aromatic N) is 1. The van der Waals surface area contributed by atoms with Crippen molar-refractivity contribution in [1.82, 2.24) is 0 Å². The topological polar surface area (TPSA) is 3.24 Å². The van der Waals surface area contributed by atoms with Crippen LogP contribution >= 0.6 is 0 Å². The predicted molar refractivity (Wildman–Crippen MR) is 214 cm³/mol. The van der Waals surface area contributed by atoms with Gasteiger partial charge in [-0.05, 0) is 119 Å². The van der Waals surface area contributed by atoms with Crippen molar-refractivity contribution in [1.29, 1.82) is 0 Å². The van der Waals surface area contributed by atoms with Crippen LogP contribution in [-0.2, 0) is 5.41 Å². The second kappa shape index (κ2) is 10.9. The number of rotatable bonds is 4. The van der Waals surface area contributed by atoms with Crippen LogP contribution in [-0.4, -0.2) is 0 Å². The highest BCUT2D eigenvalue weighted by Crippen LogP contribution is 2.55. The van der Waals surface area contributed by atoms with Gasteiger partial charge in [0.2, 0.25) is 0 Å². The summed E-state index contributed by atoms with van der Waals surface area (Å²) in [7, 11) is 0. The zero-order valence-electron chi connectivity index (χ0n) is 28.2. The molecule has 236 valence electrons. The van der Waals surface area contributed by atoms with Crippen LogP contribution in [0.25, 0.3) is 65.3 Å². The molecule has 9 aromatic carbocycles. The maximum atomic E-state index is 2.44. The Hall–Kier alpha value is -6.18. The molecule has 0 unspecified atom stereocenters. The van der Waals surface area contributed by atoms with Crippen molar-refractivity contribution >= 4 is 60.2 Å². The summed E-state index contributed by atoms with van der Waals surface area (Å²) in [6, 6.07) is 64.8. The van der Waals surface area contributed by atoms with Crippen molar-refractivity contribution in [3.63, 3.8) is 0 Å². The van der Waals surface area contributed by atoms with Gasteiger partial charge in [0.1, 0.15) is 0 Å². The zero-order valence-corrected chi connectivity index (χ0v) is 28.2. The highest BCUT2D eigenvalue weighted by Gasteiger charge is 2.38. The highest BCUT2D eigenvalue weighted by molar-refractivity contribution is 6.18. The van der Waals surface area contributed by atoms with E-state index < -0.39 is 0 Å². The van der Waals surface area contributed by atoms with Gasteiger partial charge in [-0.1, -0.05) is 147 Å². The van der Waals surface area contributed by atoms with E-state index in [0.29, 0.717) is 0 Å². The molecule has 50 heavy (non-hydrogen) atoms. The minimum absolute atomic E-state index is 0.132. The highest BCUT2D eigenvalue weighted by atomic mass is 15.1. The predicted octanol–water partition coefficient (Wildman–Crippen LogP) is 13.7. The number of benzene rings is 9. The molecule has 0 saturated carbocycles. The van der Waals surface area contributed by atoms with E-state index in [1.165, 1.54) is 76.5 Å². The quantitative estimate of drug-likeness (QED) is 0.174. The lowest BCUT2D eigenvalue weighted by Crippen LogP contribution is -2.15. The van der Waals surface area contributed by atoms with E-state index >= 15 is 0 Å². The molecule has 0 aliphatic heterocycles. The van der Waals surface area contributed by atoms with Crippen molar-refractivity contribution in [2.24, 2.45) is 0 Å². The molecule has 10 rings (SSSR count). The standard InChI is InChI=1S/C49H35N/c1-49(2)46-31-37(23-28-45(46)47-43-17-9-7-15-41(43)42-16-8-10-18-44(42)48(47)49)34-19-24-38(25-20-34)50(39-26-21-32-11-3-5-13-35(32)29-39)40-27-22-33-12-4-6-14-36(33)30-40/h3-31H,1-2H3. The number of fused-ring (bicyclic) bond motifs is 10. The molecule has 1 aliphatic rings. The molecule has 0 radical (unpaired) electrons. The van der Waals surface area contributed by atoms with Crippen LogP contribution in [0.5, 0.6) is 0 Å². The van der Waals surface area contributed by atoms with Gasteiger partial charge in [-0.3, -0.25) is 0 Å². The summed E-state index contributed by atoms with van der Waals surface area (Å²) in [5.41, 5.74) is 11.3. The monoisotopic (exact) mass is 637 g/mol. The number of hydrogen-bond donors (Lipinski definition) is 0. The van der Waals surface area contributed by atoms with E-state index in [2.05, 4.69) is 195 Å². The van der Waals surface area contributed by atoms with E-state index in [1.807, 2.05) is 0 Å². The first-order chi connectivity index (χ1) is 24.5. The first-order valence-electron chi connectivity index (χ1n) is 17.5. The molecule has 0 fully saturated rings. The fourth-order valence-electron chi connectivity index (χ4n) is 8.55. The molecule has 0 bridgehead atoms. The van der Waals surface area contributed by atoms with Crippen LogP contribution in [0.3, 0.4) is 0 Å². The summed E-state index contributed by atoms with van der Waals surface area (Å²) < 4.78 is 0. The van der Waals surface area contributed by atoms with Gasteiger partial charge in [0, 0.05) is 22.5 Å². The van der Waals surface area contributed by atoms with Gasteiger partial charge in [-0.25, -0.2) is 0 Å². The van der Waals surface area contributed by atoms with E-state index in [1.54, 1.807) is 0 Å². The third-order valence-electron chi connectivity index (χ3n) is 11.0. The average Bonchev–Trinajstić information content (AvgIpc) is 3.41. The normalized spacial score (nSPS) is 13.2. The van der Waals surface area contributed by atoms with Gasteiger partial charge in [-0.2, -0.15) is 0 Å². The van der Waals surface area contributed by atoms with Crippen molar-refractivity contribution in [2.75, 3.05) is 4.90 Å². The van der Waals surface area contributed by atoms with E-state index in [-0.39, 0.29) is 5.41 Å². The molecule has 0 N–H and O–H groups in total. The maximum absolute atomic E-state index is 2.44. The van der Waals surface area contributed by atoms with Crippen LogP contribution in [0.4, 0.5) is 17.1 Å². The second-order valence-corrected chi connectivity index (χ2v) is 14.2. The molecular formula is C49H35N. The Labute approximate surface area is 292 Å². The molecule has 1 nitrogen and oxygen atoms in total. The largest absolute Gasteiger partial charge is 0.310 e. The Kier molecular flexibility index (Phi) is 6.29. The van der Waals surface area contributed by atoms with Crippen LogP contribution in [0, 0.1) is 0 Å². The van der Waals surface area contributed by atoms with Crippen LogP contribution < -0.4 is 4.90 Å². The van der Waals surface area contributed by atoms with Crippen molar-refractivity contribution in [3.8, 4) is 22.3 Å². The fourth-order valence-corrected chi connectivity index (χ4v) is 8.55. The van der Waals surface area contributed by atoms with Crippen LogP contribution in [0.15, 0.2) is 176 Å². The molecule has 0 atom stereocenters. The molecule has 1 heteroatoms. The number of anilines is 3. The summed E-state index contributed by atoms with van der Waals surface area (Å²) in [6.07, 6.45) is 0. The summed E-state index contributed by atoms with van der Waals surface area (Å²) in [5.74, 6) is 0.